The number of ether oxygens (including phenoxy) is 1. The van der Waals surface area contributed by atoms with Crippen LogP contribution in [0.2, 0.25) is 0 Å². The topological polar surface area (TPSA) is 53.6 Å². The minimum atomic E-state index is 0. The van der Waals surface area contributed by atoms with E-state index in [4.69, 9.17) is 4.74 Å². The Hall–Kier alpha value is -0.0700. The smallest absolute Gasteiger partial charge is 0.220 e. The molecule has 2 aliphatic heterocycles. The molecule has 2 heterocycles. The molecule has 2 rings (SSSR count). The summed E-state index contributed by atoms with van der Waals surface area (Å²) >= 11 is 0. The van der Waals surface area contributed by atoms with Crippen LogP contribution in [0.5, 0.6) is 0 Å². The van der Waals surface area contributed by atoms with Crippen LogP contribution < -0.4 is 10.6 Å². The van der Waals surface area contributed by atoms with Crippen LogP contribution in [0.3, 0.4) is 0 Å². The van der Waals surface area contributed by atoms with Gasteiger partial charge in [0.15, 0.2) is 0 Å². The monoisotopic (exact) mass is 369 g/mol. The molecule has 0 aromatic heterocycles. The van der Waals surface area contributed by atoms with Crippen molar-refractivity contribution in [3.63, 3.8) is 0 Å². The number of carbonyl (C=O) groups is 1. The average Bonchev–Trinajstić information content (AvgIpc) is 2.96. The van der Waals surface area contributed by atoms with Crippen molar-refractivity contribution in [2.24, 2.45) is 11.8 Å². The van der Waals surface area contributed by atoms with Gasteiger partial charge in [-0.15, -0.1) is 24.8 Å². The van der Waals surface area contributed by atoms with E-state index in [2.05, 4.69) is 29.4 Å². The first kappa shape index (κ1) is 22.9. The maximum atomic E-state index is 11.9. The van der Waals surface area contributed by atoms with Gasteiger partial charge in [-0.05, 0) is 37.8 Å². The number of halogens is 2. The van der Waals surface area contributed by atoms with Crippen LogP contribution in [0, 0.1) is 11.8 Å². The van der Waals surface area contributed by atoms with E-state index < -0.39 is 0 Å². The van der Waals surface area contributed by atoms with Gasteiger partial charge in [-0.25, -0.2) is 0 Å². The van der Waals surface area contributed by atoms with Crippen LogP contribution in [0.15, 0.2) is 0 Å². The Morgan fingerprint density at radius 3 is 2.83 bits per heavy atom. The van der Waals surface area contributed by atoms with Gasteiger partial charge >= 0.3 is 0 Å². The van der Waals surface area contributed by atoms with Crippen molar-refractivity contribution >= 4 is 30.7 Å². The first-order chi connectivity index (χ1) is 10.1. The molecule has 0 bridgehead atoms. The lowest BCUT2D eigenvalue weighted by molar-refractivity contribution is -0.122. The van der Waals surface area contributed by atoms with Crippen molar-refractivity contribution < 1.29 is 9.53 Å². The average molecular weight is 370 g/mol. The molecule has 0 aromatic carbocycles. The third kappa shape index (κ3) is 9.11. The lowest BCUT2D eigenvalue weighted by atomic mass is 10.0. The summed E-state index contributed by atoms with van der Waals surface area (Å²) in [5.41, 5.74) is 0. The molecule has 1 amide bonds. The molecule has 23 heavy (non-hydrogen) atoms. The van der Waals surface area contributed by atoms with Gasteiger partial charge in [0.05, 0.1) is 12.7 Å². The summed E-state index contributed by atoms with van der Waals surface area (Å²) in [5.74, 6) is 1.54. The number of hydrogen-bond acceptors (Lipinski definition) is 4. The van der Waals surface area contributed by atoms with Crippen LogP contribution in [0.25, 0.3) is 0 Å². The quantitative estimate of drug-likeness (QED) is 0.716. The molecular weight excluding hydrogens is 337 g/mol. The Bertz CT molecular complexity index is 326. The van der Waals surface area contributed by atoms with Gasteiger partial charge in [0.25, 0.3) is 0 Å². The fraction of sp³-hybridized carbons (Fsp3) is 0.938. The van der Waals surface area contributed by atoms with Gasteiger partial charge < -0.3 is 15.4 Å². The Balaban J connectivity index is 0.00000242. The summed E-state index contributed by atoms with van der Waals surface area (Å²) in [6.45, 7) is 11.1. The van der Waals surface area contributed by atoms with Gasteiger partial charge in [0, 0.05) is 32.6 Å². The van der Waals surface area contributed by atoms with Gasteiger partial charge in [-0.2, -0.15) is 0 Å². The maximum absolute atomic E-state index is 11.9. The number of nitrogens with one attached hydrogen (secondary N) is 2. The fourth-order valence-corrected chi connectivity index (χ4v) is 3.20. The SMILES string of the molecule is CC(C)CN1CCOC(CNC(=O)CCC2CCNC2)C1.Cl.Cl. The molecule has 0 aliphatic carbocycles. The molecular formula is C16H33Cl2N3O2. The maximum Gasteiger partial charge on any atom is 0.220 e. The zero-order valence-corrected chi connectivity index (χ0v) is 16.0. The second kappa shape index (κ2) is 12.3. The summed E-state index contributed by atoms with van der Waals surface area (Å²) < 4.78 is 5.75. The van der Waals surface area contributed by atoms with Crippen molar-refractivity contribution in [2.45, 2.75) is 39.2 Å². The number of nitrogens with zero attached hydrogens (tertiary/aromatic N) is 1. The minimum absolute atomic E-state index is 0. The highest BCUT2D eigenvalue weighted by molar-refractivity contribution is 5.85. The van der Waals surface area contributed by atoms with E-state index in [0.29, 0.717) is 24.8 Å². The molecule has 7 heteroatoms. The number of rotatable bonds is 7. The second-order valence-electron chi connectivity index (χ2n) is 6.85. The van der Waals surface area contributed by atoms with Crippen LogP contribution in [-0.2, 0) is 9.53 Å². The third-order valence-electron chi connectivity index (χ3n) is 4.32. The van der Waals surface area contributed by atoms with Gasteiger partial charge in [0.1, 0.15) is 0 Å². The zero-order valence-electron chi connectivity index (χ0n) is 14.4. The number of morpholine rings is 1. The molecule has 2 saturated heterocycles. The van der Waals surface area contributed by atoms with E-state index in [0.717, 1.165) is 45.8 Å². The number of hydrogen-bond donors (Lipinski definition) is 2. The van der Waals surface area contributed by atoms with E-state index in [1.807, 2.05) is 0 Å². The van der Waals surface area contributed by atoms with Crippen LogP contribution >= 0.6 is 24.8 Å². The highest BCUT2D eigenvalue weighted by Crippen LogP contribution is 2.14. The van der Waals surface area contributed by atoms with E-state index >= 15 is 0 Å². The number of carbonyl (C=O) groups excluding carboxylic acids is 1. The highest BCUT2D eigenvalue weighted by atomic mass is 35.5. The molecule has 0 spiro atoms. The Morgan fingerprint density at radius 2 is 2.17 bits per heavy atom. The molecule has 2 unspecified atom stereocenters. The Morgan fingerprint density at radius 1 is 1.39 bits per heavy atom. The predicted octanol–water partition coefficient (Wildman–Crippen LogP) is 1.69. The van der Waals surface area contributed by atoms with Crippen LogP contribution in [-0.4, -0.2) is 62.8 Å². The second-order valence-corrected chi connectivity index (χ2v) is 6.85. The van der Waals surface area contributed by atoms with Crippen molar-refractivity contribution in [3.8, 4) is 0 Å². The molecule has 2 N–H and O–H groups in total. The molecule has 2 fully saturated rings. The molecule has 2 atom stereocenters. The summed E-state index contributed by atoms with van der Waals surface area (Å²) in [6.07, 6.45) is 3.01. The molecule has 0 saturated carbocycles. The molecule has 0 radical (unpaired) electrons. The molecule has 138 valence electrons. The molecule has 0 aromatic rings. The predicted molar refractivity (Wildman–Crippen MR) is 98.7 cm³/mol. The van der Waals surface area contributed by atoms with E-state index in [-0.39, 0.29) is 36.8 Å². The lowest BCUT2D eigenvalue weighted by Gasteiger charge is -2.34. The molecule has 5 nitrogen and oxygen atoms in total. The summed E-state index contributed by atoms with van der Waals surface area (Å²) in [4.78, 5) is 14.3. The van der Waals surface area contributed by atoms with Crippen molar-refractivity contribution in [1.82, 2.24) is 15.5 Å². The molecule has 2 aliphatic rings. The van der Waals surface area contributed by atoms with Crippen molar-refractivity contribution in [3.05, 3.63) is 0 Å². The minimum Gasteiger partial charge on any atom is -0.374 e. The summed E-state index contributed by atoms with van der Waals surface area (Å²) in [5, 5.41) is 6.38. The first-order valence-corrected chi connectivity index (χ1v) is 8.45. The van der Waals surface area contributed by atoms with E-state index in [1.54, 1.807) is 0 Å². The third-order valence-corrected chi connectivity index (χ3v) is 4.32. The largest absolute Gasteiger partial charge is 0.374 e. The van der Waals surface area contributed by atoms with Crippen LogP contribution in [0.4, 0.5) is 0 Å². The van der Waals surface area contributed by atoms with Crippen molar-refractivity contribution in [2.75, 3.05) is 45.9 Å². The van der Waals surface area contributed by atoms with Gasteiger partial charge in [-0.3, -0.25) is 9.69 Å². The fourth-order valence-electron chi connectivity index (χ4n) is 3.20. The van der Waals surface area contributed by atoms with Gasteiger partial charge in [-0.1, -0.05) is 13.8 Å². The summed E-state index contributed by atoms with van der Waals surface area (Å²) in [6, 6.07) is 0. The lowest BCUT2D eigenvalue weighted by Crippen LogP contribution is -2.48. The van der Waals surface area contributed by atoms with Crippen molar-refractivity contribution in [1.29, 1.82) is 0 Å². The van der Waals surface area contributed by atoms with Crippen LogP contribution in [0.1, 0.15) is 33.1 Å². The Kier molecular flexibility index (Phi) is 12.3. The van der Waals surface area contributed by atoms with E-state index in [1.165, 1.54) is 6.42 Å². The number of amides is 1. The normalized spacial score (nSPS) is 24.8. The van der Waals surface area contributed by atoms with Gasteiger partial charge in [0.2, 0.25) is 5.91 Å². The Labute approximate surface area is 153 Å². The highest BCUT2D eigenvalue weighted by Gasteiger charge is 2.21. The zero-order chi connectivity index (χ0) is 15.1. The standard InChI is InChI=1S/C16H31N3O2.2ClH/c1-13(2)11-19-7-8-21-15(12-19)10-18-16(20)4-3-14-5-6-17-9-14;;/h13-15,17H,3-12H2,1-2H3,(H,18,20);2*1H. The van der Waals surface area contributed by atoms with E-state index in [9.17, 15) is 4.79 Å². The summed E-state index contributed by atoms with van der Waals surface area (Å²) in [7, 11) is 0. The first-order valence-electron chi connectivity index (χ1n) is 8.45.